The van der Waals surface area contributed by atoms with Gasteiger partial charge in [-0.05, 0) is 43.7 Å². The molecular weight excluding hydrogens is 260 g/mol. The summed E-state index contributed by atoms with van der Waals surface area (Å²) < 4.78 is 5.26. The molecule has 0 saturated heterocycles. The van der Waals surface area contributed by atoms with Crippen LogP contribution < -0.4 is 15.4 Å². The van der Waals surface area contributed by atoms with Gasteiger partial charge in [-0.2, -0.15) is 0 Å². The normalized spacial score (nSPS) is 12.0. The van der Waals surface area contributed by atoms with Gasteiger partial charge in [-0.25, -0.2) is 0 Å². The molecule has 3 nitrogen and oxygen atoms in total. The first kappa shape index (κ1) is 15.4. The third-order valence-corrected chi connectivity index (χ3v) is 3.72. The third kappa shape index (κ3) is 3.99. The number of methoxy groups -OCH3 is 1. The summed E-state index contributed by atoms with van der Waals surface area (Å²) in [6.07, 6.45) is 0. The molecule has 21 heavy (non-hydrogen) atoms. The zero-order valence-corrected chi connectivity index (χ0v) is 13.0. The van der Waals surface area contributed by atoms with E-state index in [4.69, 9.17) is 10.5 Å². The van der Waals surface area contributed by atoms with E-state index in [0.717, 1.165) is 24.4 Å². The van der Waals surface area contributed by atoms with Crippen molar-refractivity contribution in [3.05, 3.63) is 59.7 Å². The van der Waals surface area contributed by atoms with Crippen LogP contribution in [0.4, 0.5) is 5.69 Å². The first-order chi connectivity index (χ1) is 10.1. The minimum Gasteiger partial charge on any atom is -0.497 e. The Morgan fingerprint density at radius 1 is 1.14 bits per heavy atom. The summed E-state index contributed by atoms with van der Waals surface area (Å²) in [7, 11) is 1.68. The third-order valence-electron chi connectivity index (χ3n) is 3.72. The molecule has 0 fully saturated rings. The molecule has 2 rings (SSSR count). The largest absolute Gasteiger partial charge is 0.497 e. The summed E-state index contributed by atoms with van der Waals surface area (Å²) in [5.41, 5.74) is 9.94. The maximum Gasteiger partial charge on any atom is 0.119 e. The second-order valence-corrected chi connectivity index (χ2v) is 5.26. The number of likely N-dealkylation sites (N-methyl/N-ethyl adjacent to an activating group) is 1. The van der Waals surface area contributed by atoms with E-state index in [2.05, 4.69) is 49.1 Å². The maximum absolute atomic E-state index is 6.37. The van der Waals surface area contributed by atoms with Gasteiger partial charge in [0.25, 0.3) is 0 Å². The molecule has 0 bridgehead atoms. The molecule has 0 aromatic heterocycles. The van der Waals surface area contributed by atoms with Gasteiger partial charge in [-0.15, -0.1) is 0 Å². The van der Waals surface area contributed by atoms with Gasteiger partial charge in [0.05, 0.1) is 7.11 Å². The Hall–Kier alpha value is -2.00. The molecule has 0 heterocycles. The lowest BCUT2D eigenvalue weighted by molar-refractivity contribution is 0.414. The van der Waals surface area contributed by atoms with Crippen LogP contribution >= 0.6 is 0 Å². The highest BCUT2D eigenvalue weighted by Gasteiger charge is 2.12. The van der Waals surface area contributed by atoms with Crippen LogP contribution in [-0.4, -0.2) is 20.2 Å². The molecule has 0 radical (unpaired) electrons. The van der Waals surface area contributed by atoms with Crippen LogP contribution in [0.3, 0.4) is 0 Å². The number of hydrogen-bond acceptors (Lipinski definition) is 3. The Morgan fingerprint density at radius 3 is 2.48 bits per heavy atom. The van der Waals surface area contributed by atoms with Gasteiger partial charge in [-0.1, -0.05) is 29.8 Å². The standard InChI is InChI=1S/C18H24N2O/c1-4-20(16-10-8-14(2)9-11-16)13-18(19)15-6-5-7-17(12-15)21-3/h5-12,18H,4,13,19H2,1-3H3. The fourth-order valence-corrected chi connectivity index (χ4v) is 2.39. The Labute approximate surface area is 127 Å². The van der Waals surface area contributed by atoms with Gasteiger partial charge in [0.1, 0.15) is 5.75 Å². The number of ether oxygens (including phenoxy) is 1. The van der Waals surface area contributed by atoms with Crippen LogP contribution in [0.1, 0.15) is 24.1 Å². The van der Waals surface area contributed by atoms with Crippen LogP contribution in [0.2, 0.25) is 0 Å². The van der Waals surface area contributed by atoms with E-state index in [1.807, 2.05) is 18.2 Å². The molecule has 1 atom stereocenters. The molecule has 0 aliphatic heterocycles. The topological polar surface area (TPSA) is 38.5 Å². The predicted molar refractivity (Wildman–Crippen MR) is 89.0 cm³/mol. The van der Waals surface area contributed by atoms with Crippen molar-refractivity contribution in [2.24, 2.45) is 5.73 Å². The second kappa shape index (κ2) is 7.14. The maximum atomic E-state index is 6.37. The first-order valence-corrected chi connectivity index (χ1v) is 7.35. The van der Waals surface area contributed by atoms with Gasteiger partial charge < -0.3 is 15.4 Å². The van der Waals surface area contributed by atoms with Crippen molar-refractivity contribution in [2.45, 2.75) is 19.9 Å². The Morgan fingerprint density at radius 2 is 1.86 bits per heavy atom. The van der Waals surface area contributed by atoms with Crippen LogP contribution in [0, 0.1) is 6.92 Å². The summed E-state index contributed by atoms with van der Waals surface area (Å²) in [6, 6.07) is 16.5. The molecule has 3 heteroatoms. The van der Waals surface area contributed by atoms with E-state index in [-0.39, 0.29) is 6.04 Å². The van der Waals surface area contributed by atoms with Gasteiger partial charge in [0.15, 0.2) is 0 Å². The average molecular weight is 284 g/mol. The SMILES string of the molecule is CCN(CC(N)c1cccc(OC)c1)c1ccc(C)cc1. The predicted octanol–water partition coefficient (Wildman–Crippen LogP) is 3.53. The van der Waals surface area contributed by atoms with Crippen LogP contribution in [0.25, 0.3) is 0 Å². The number of aryl methyl sites for hydroxylation is 1. The molecule has 0 spiro atoms. The number of anilines is 1. The first-order valence-electron chi connectivity index (χ1n) is 7.35. The Bertz CT molecular complexity index is 566. The van der Waals surface area contributed by atoms with E-state index < -0.39 is 0 Å². The van der Waals surface area contributed by atoms with Crippen LogP contribution in [-0.2, 0) is 0 Å². The lowest BCUT2D eigenvalue weighted by atomic mass is 10.1. The molecule has 2 aromatic carbocycles. The lowest BCUT2D eigenvalue weighted by Gasteiger charge is -2.27. The highest BCUT2D eigenvalue weighted by Crippen LogP contribution is 2.21. The number of benzene rings is 2. The van der Waals surface area contributed by atoms with Crippen molar-refractivity contribution >= 4 is 5.69 Å². The average Bonchev–Trinajstić information content (AvgIpc) is 2.53. The van der Waals surface area contributed by atoms with E-state index in [9.17, 15) is 0 Å². The Kier molecular flexibility index (Phi) is 5.23. The van der Waals surface area contributed by atoms with E-state index in [1.54, 1.807) is 7.11 Å². The molecule has 0 saturated carbocycles. The minimum atomic E-state index is -0.0404. The quantitative estimate of drug-likeness (QED) is 0.882. The van der Waals surface area contributed by atoms with Gasteiger partial charge >= 0.3 is 0 Å². The molecule has 112 valence electrons. The van der Waals surface area contributed by atoms with E-state index in [1.165, 1.54) is 11.3 Å². The summed E-state index contributed by atoms with van der Waals surface area (Å²) >= 11 is 0. The van der Waals surface area contributed by atoms with Crippen LogP contribution in [0.15, 0.2) is 48.5 Å². The number of nitrogens with two attached hydrogens (primary N) is 1. The molecule has 2 N–H and O–H groups in total. The molecule has 0 aliphatic carbocycles. The number of hydrogen-bond donors (Lipinski definition) is 1. The number of rotatable bonds is 6. The number of nitrogens with zero attached hydrogens (tertiary/aromatic N) is 1. The Balaban J connectivity index is 2.11. The molecular formula is C18H24N2O. The highest BCUT2D eigenvalue weighted by molar-refractivity contribution is 5.48. The molecule has 2 aromatic rings. The van der Waals surface area contributed by atoms with Gasteiger partial charge in [0, 0.05) is 24.8 Å². The molecule has 0 aliphatic rings. The van der Waals surface area contributed by atoms with Crippen LogP contribution in [0.5, 0.6) is 5.75 Å². The summed E-state index contributed by atoms with van der Waals surface area (Å²) in [4.78, 5) is 2.30. The summed E-state index contributed by atoms with van der Waals surface area (Å²) in [5.74, 6) is 0.848. The summed E-state index contributed by atoms with van der Waals surface area (Å²) in [5, 5.41) is 0. The zero-order chi connectivity index (χ0) is 15.2. The zero-order valence-electron chi connectivity index (χ0n) is 13.0. The molecule has 0 amide bonds. The van der Waals surface area contributed by atoms with Crippen molar-refractivity contribution < 1.29 is 4.74 Å². The van der Waals surface area contributed by atoms with Crippen molar-refractivity contribution in [1.29, 1.82) is 0 Å². The van der Waals surface area contributed by atoms with E-state index >= 15 is 0 Å². The fraction of sp³-hybridized carbons (Fsp3) is 0.333. The monoisotopic (exact) mass is 284 g/mol. The second-order valence-electron chi connectivity index (χ2n) is 5.26. The lowest BCUT2D eigenvalue weighted by Crippen LogP contribution is -2.32. The van der Waals surface area contributed by atoms with Crippen molar-refractivity contribution in [1.82, 2.24) is 0 Å². The fourth-order valence-electron chi connectivity index (χ4n) is 2.39. The smallest absolute Gasteiger partial charge is 0.119 e. The highest BCUT2D eigenvalue weighted by atomic mass is 16.5. The van der Waals surface area contributed by atoms with Gasteiger partial charge in [-0.3, -0.25) is 0 Å². The summed E-state index contributed by atoms with van der Waals surface area (Å²) in [6.45, 7) is 5.97. The minimum absolute atomic E-state index is 0.0404. The van der Waals surface area contributed by atoms with E-state index in [0.29, 0.717) is 0 Å². The van der Waals surface area contributed by atoms with Crippen molar-refractivity contribution in [3.8, 4) is 5.75 Å². The van der Waals surface area contributed by atoms with Crippen molar-refractivity contribution in [3.63, 3.8) is 0 Å². The molecule has 1 unspecified atom stereocenters. The van der Waals surface area contributed by atoms with Crippen molar-refractivity contribution in [2.75, 3.05) is 25.1 Å². The van der Waals surface area contributed by atoms with Gasteiger partial charge in [0.2, 0.25) is 0 Å².